The van der Waals surface area contributed by atoms with Crippen molar-refractivity contribution in [2.45, 2.75) is 32.2 Å². The van der Waals surface area contributed by atoms with Gasteiger partial charge in [-0.05, 0) is 30.7 Å². The third-order valence-corrected chi connectivity index (χ3v) is 4.82. The van der Waals surface area contributed by atoms with E-state index in [1.165, 1.54) is 33.3 Å². The van der Waals surface area contributed by atoms with E-state index >= 15 is 0 Å². The minimum absolute atomic E-state index is 0.0788. The summed E-state index contributed by atoms with van der Waals surface area (Å²) in [5, 5.41) is 5.05. The second-order valence-corrected chi connectivity index (χ2v) is 6.64. The van der Waals surface area contributed by atoms with E-state index in [2.05, 4.69) is 79.7 Å². The summed E-state index contributed by atoms with van der Waals surface area (Å²) in [6.45, 7) is 6.80. The molecule has 1 aromatic heterocycles. The van der Waals surface area contributed by atoms with E-state index in [9.17, 15) is 0 Å². The maximum Gasteiger partial charge on any atom is 0.0626 e. The number of anilines is 1. The summed E-state index contributed by atoms with van der Waals surface area (Å²) in [6.07, 6.45) is 2.16. The van der Waals surface area contributed by atoms with Crippen molar-refractivity contribution < 1.29 is 0 Å². The van der Waals surface area contributed by atoms with Crippen LogP contribution in [0.25, 0.3) is 10.9 Å². The van der Waals surface area contributed by atoms with Crippen molar-refractivity contribution in [1.82, 2.24) is 4.98 Å². The smallest absolute Gasteiger partial charge is 0.0626 e. The molecular formula is C19H20N2. The maximum absolute atomic E-state index is 3.72. The molecule has 0 fully saturated rings. The summed E-state index contributed by atoms with van der Waals surface area (Å²) >= 11 is 0. The average molecular weight is 276 g/mol. The molecule has 0 saturated carbocycles. The lowest BCUT2D eigenvalue weighted by molar-refractivity contribution is 0.476. The molecule has 0 aliphatic carbocycles. The van der Waals surface area contributed by atoms with E-state index < -0.39 is 0 Å². The molecule has 0 bridgehead atoms. The molecule has 0 amide bonds. The summed E-state index contributed by atoms with van der Waals surface area (Å²) in [6, 6.07) is 15.5. The van der Waals surface area contributed by atoms with Crippen molar-refractivity contribution in [2.24, 2.45) is 0 Å². The van der Waals surface area contributed by atoms with Gasteiger partial charge in [0.25, 0.3) is 0 Å². The summed E-state index contributed by atoms with van der Waals surface area (Å²) in [7, 11) is 0. The van der Waals surface area contributed by atoms with Crippen LogP contribution in [0.5, 0.6) is 0 Å². The Hall–Kier alpha value is -2.22. The first-order valence-electron chi connectivity index (χ1n) is 7.51. The molecule has 106 valence electrons. The van der Waals surface area contributed by atoms with Gasteiger partial charge in [0.1, 0.15) is 0 Å². The van der Waals surface area contributed by atoms with E-state index in [0.29, 0.717) is 6.04 Å². The second kappa shape index (κ2) is 4.14. The molecule has 0 spiro atoms. The van der Waals surface area contributed by atoms with E-state index in [4.69, 9.17) is 0 Å². The van der Waals surface area contributed by atoms with Crippen LogP contribution in [-0.2, 0) is 5.41 Å². The minimum Gasteiger partial charge on any atom is -0.377 e. The summed E-state index contributed by atoms with van der Waals surface area (Å²) in [4.78, 5) is 3.42. The van der Waals surface area contributed by atoms with Crippen LogP contribution in [0, 0.1) is 6.92 Å². The highest BCUT2D eigenvalue weighted by Gasteiger charge is 2.40. The van der Waals surface area contributed by atoms with Crippen molar-refractivity contribution >= 4 is 16.6 Å². The Kier molecular flexibility index (Phi) is 2.47. The fraction of sp³-hybridized carbons (Fsp3) is 0.263. The Morgan fingerprint density at radius 3 is 2.67 bits per heavy atom. The minimum atomic E-state index is 0.0788. The zero-order valence-corrected chi connectivity index (χ0v) is 12.7. The van der Waals surface area contributed by atoms with Gasteiger partial charge in [-0.25, -0.2) is 0 Å². The van der Waals surface area contributed by atoms with Gasteiger partial charge in [0.15, 0.2) is 0 Å². The highest BCUT2D eigenvalue weighted by molar-refractivity contribution is 5.85. The third kappa shape index (κ3) is 1.72. The van der Waals surface area contributed by atoms with E-state index in [0.717, 1.165) is 0 Å². The van der Waals surface area contributed by atoms with Crippen molar-refractivity contribution in [2.75, 3.05) is 5.32 Å². The van der Waals surface area contributed by atoms with E-state index in [1.807, 2.05) is 0 Å². The lowest BCUT2D eigenvalue weighted by Crippen LogP contribution is -2.25. The predicted molar refractivity (Wildman–Crippen MR) is 88.9 cm³/mol. The topological polar surface area (TPSA) is 27.8 Å². The van der Waals surface area contributed by atoms with Crippen LogP contribution in [0.1, 0.15) is 36.6 Å². The number of H-pyrrole nitrogens is 1. The SMILES string of the molecule is Cc1ccc2[nH]cc(C3Nc4ccccc4C3(C)C)c2c1. The van der Waals surface area contributed by atoms with Gasteiger partial charge in [-0.1, -0.05) is 43.7 Å². The normalized spacial score (nSPS) is 19.5. The summed E-state index contributed by atoms with van der Waals surface area (Å²) in [5.41, 5.74) is 6.61. The molecule has 1 atom stereocenters. The van der Waals surface area contributed by atoms with Crippen LogP contribution >= 0.6 is 0 Å². The van der Waals surface area contributed by atoms with Gasteiger partial charge in [0.05, 0.1) is 6.04 Å². The largest absolute Gasteiger partial charge is 0.377 e. The second-order valence-electron chi connectivity index (χ2n) is 6.64. The molecule has 2 nitrogen and oxygen atoms in total. The molecule has 2 N–H and O–H groups in total. The molecule has 2 aromatic carbocycles. The van der Waals surface area contributed by atoms with Gasteiger partial charge in [-0.15, -0.1) is 0 Å². The van der Waals surface area contributed by atoms with Crippen molar-refractivity contribution in [3.63, 3.8) is 0 Å². The first-order chi connectivity index (χ1) is 10.1. The number of hydrogen-bond acceptors (Lipinski definition) is 1. The zero-order valence-electron chi connectivity index (χ0n) is 12.7. The number of aromatic nitrogens is 1. The quantitative estimate of drug-likeness (QED) is 0.648. The standard InChI is InChI=1S/C19H20N2/c1-12-8-9-16-13(10-12)14(11-20-16)18-19(2,3)15-6-4-5-7-17(15)21-18/h4-11,18,20-21H,1-3H3. The number of aromatic amines is 1. The molecule has 3 aromatic rings. The highest BCUT2D eigenvalue weighted by Crippen LogP contribution is 2.49. The van der Waals surface area contributed by atoms with Crippen molar-refractivity contribution in [3.8, 4) is 0 Å². The van der Waals surface area contributed by atoms with Crippen molar-refractivity contribution in [3.05, 3.63) is 65.4 Å². The third-order valence-electron chi connectivity index (χ3n) is 4.82. The van der Waals surface area contributed by atoms with Crippen LogP contribution in [0.4, 0.5) is 5.69 Å². The number of hydrogen-bond donors (Lipinski definition) is 2. The van der Waals surface area contributed by atoms with Gasteiger partial charge in [0, 0.05) is 33.8 Å². The molecule has 0 saturated heterocycles. The molecule has 1 aliphatic rings. The van der Waals surface area contributed by atoms with Crippen LogP contribution in [0.3, 0.4) is 0 Å². The van der Waals surface area contributed by atoms with Gasteiger partial charge in [-0.3, -0.25) is 0 Å². The number of benzene rings is 2. The molecule has 2 heteroatoms. The summed E-state index contributed by atoms with van der Waals surface area (Å²) in [5.74, 6) is 0. The molecule has 0 radical (unpaired) electrons. The Morgan fingerprint density at radius 1 is 1.05 bits per heavy atom. The summed E-state index contributed by atoms with van der Waals surface area (Å²) < 4.78 is 0. The number of rotatable bonds is 1. The van der Waals surface area contributed by atoms with E-state index in [-0.39, 0.29) is 5.41 Å². The number of nitrogens with one attached hydrogen (secondary N) is 2. The molecule has 21 heavy (non-hydrogen) atoms. The lowest BCUT2D eigenvalue weighted by atomic mass is 9.78. The van der Waals surface area contributed by atoms with Crippen LogP contribution in [-0.4, -0.2) is 4.98 Å². The molecule has 1 unspecified atom stereocenters. The van der Waals surface area contributed by atoms with Crippen LogP contribution < -0.4 is 5.32 Å². The monoisotopic (exact) mass is 276 g/mol. The zero-order chi connectivity index (χ0) is 14.6. The number of fused-ring (bicyclic) bond motifs is 2. The van der Waals surface area contributed by atoms with Gasteiger partial charge in [0.2, 0.25) is 0 Å². The van der Waals surface area contributed by atoms with Crippen LogP contribution in [0.15, 0.2) is 48.7 Å². The Morgan fingerprint density at radius 2 is 1.86 bits per heavy atom. The highest BCUT2D eigenvalue weighted by atomic mass is 15.0. The Bertz CT molecular complexity index is 826. The fourth-order valence-corrected chi connectivity index (χ4v) is 3.62. The Labute approximate surface area is 125 Å². The van der Waals surface area contributed by atoms with Gasteiger partial charge >= 0.3 is 0 Å². The predicted octanol–water partition coefficient (Wildman–Crippen LogP) is 4.92. The van der Waals surface area contributed by atoms with Gasteiger partial charge in [-0.2, -0.15) is 0 Å². The number of aryl methyl sites for hydroxylation is 1. The average Bonchev–Trinajstić information content (AvgIpc) is 2.98. The fourth-order valence-electron chi connectivity index (χ4n) is 3.62. The lowest BCUT2D eigenvalue weighted by Gasteiger charge is -2.27. The first-order valence-corrected chi connectivity index (χ1v) is 7.51. The molecule has 4 rings (SSSR count). The van der Waals surface area contributed by atoms with Crippen molar-refractivity contribution in [1.29, 1.82) is 0 Å². The van der Waals surface area contributed by atoms with Gasteiger partial charge < -0.3 is 10.3 Å². The first kappa shape index (κ1) is 12.5. The maximum atomic E-state index is 3.72. The molecule has 1 aliphatic heterocycles. The van der Waals surface area contributed by atoms with E-state index in [1.54, 1.807) is 0 Å². The Balaban J connectivity index is 1.89. The molecular weight excluding hydrogens is 256 g/mol. The molecule has 2 heterocycles. The van der Waals surface area contributed by atoms with Crippen LogP contribution in [0.2, 0.25) is 0 Å². The number of para-hydroxylation sites is 1.